The number of aromatic nitrogens is 2. The third kappa shape index (κ3) is 2.42. The zero-order valence-corrected chi connectivity index (χ0v) is 13.2. The predicted molar refractivity (Wildman–Crippen MR) is 86.8 cm³/mol. The van der Waals surface area contributed by atoms with Gasteiger partial charge in [0.05, 0.1) is 23.6 Å². The van der Waals surface area contributed by atoms with Crippen molar-refractivity contribution in [2.45, 2.75) is 0 Å². The Hall–Kier alpha value is -2.47. The van der Waals surface area contributed by atoms with E-state index in [-0.39, 0.29) is 5.56 Å². The molecule has 3 rings (SSSR count). The number of H-pyrrole nitrogens is 1. The number of halogens is 1. The highest BCUT2D eigenvalue weighted by molar-refractivity contribution is 9.10. The van der Waals surface area contributed by atoms with Crippen LogP contribution in [0.15, 0.2) is 51.7 Å². The first-order chi connectivity index (χ1) is 10.6. The van der Waals surface area contributed by atoms with Gasteiger partial charge < -0.3 is 9.72 Å². The second kappa shape index (κ2) is 5.73. The number of hydrogen-bond donors (Lipinski definition) is 1. The fraction of sp³-hybridized carbons (Fsp3) is 0.0625. The first kappa shape index (κ1) is 14.5. The van der Waals surface area contributed by atoms with Crippen LogP contribution in [0.2, 0.25) is 0 Å². The first-order valence-electron chi connectivity index (χ1n) is 6.48. The molecule has 0 saturated heterocycles. The molecule has 0 saturated carbocycles. The Labute approximate surface area is 134 Å². The summed E-state index contributed by atoms with van der Waals surface area (Å²) in [5.41, 5.74) is 1.13. The monoisotopic (exact) mass is 358 g/mol. The highest BCUT2D eigenvalue weighted by Crippen LogP contribution is 2.30. The van der Waals surface area contributed by atoms with Crippen LogP contribution in [0.5, 0.6) is 0 Å². The van der Waals surface area contributed by atoms with Gasteiger partial charge in [0.2, 0.25) is 0 Å². The van der Waals surface area contributed by atoms with Crippen LogP contribution in [0.4, 0.5) is 0 Å². The van der Waals surface area contributed by atoms with E-state index in [1.54, 1.807) is 42.5 Å². The van der Waals surface area contributed by atoms with E-state index in [1.165, 1.54) is 7.11 Å². The number of aromatic amines is 1. The highest BCUT2D eigenvalue weighted by atomic mass is 79.9. The maximum absolute atomic E-state index is 12.2. The van der Waals surface area contributed by atoms with Crippen molar-refractivity contribution >= 4 is 32.8 Å². The van der Waals surface area contributed by atoms with Gasteiger partial charge in [0.15, 0.2) is 0 Å². The van der Waals surface area contributed by atoms with Crippen molar-refractivity contribution in [3.05, 3.63) is 62.9 Å². The Morgan fingerprint density at radius 3 is 2.73 bits per heavy atom. The minimum Gasteiger partial charge on any atom is -0.465 e. The number of hydrogen-bond acceptors (Lipinski definition) is 4. The van der Waals surface area contributed by atoms with Crippen molar-refractivity contribution in [2.75, 3.05) is 7.11 Å². The Bertz CT molecular complexity index is 934. The van der Waals surface area contributed by atoms with E-state index >= 15 is 0 Å². The number of carbonyl (C=O) groups excluding carboxylic acids is 1. The van der Waals surface area contributed by atoms with Crippen LogP contribution in [0.3, 0.4) is 0 Å². The number of nitrogens with zero attached hydrogens (tertiary/aromatic N) is 1. The molecule has 0 radical (unpaired) electrons. The minimum atomic E-state index is -0.493. The number of benzene rings is 2. The number of para-hydroxylation sites is 1. The summed E-state index contributed by atoms with van der Waals surface area (Å²) in [7, 11) is 1.31. The summed E-state index contributed by atoms with van der Waals surface area (Å²) in [6.07, 6.45) is 0. The second-order valence-electron chi connectivity index (χ2n) is 4.59. The van der Waals surface area contributed by atoms with Crippen LogP contribution in [0, 0.1) is 0 Å². The van der Waals surface area contributed by atoms with Gasteiger partial charge in [-0.25, -0.2) is 9.78 Å². The largest absolute Gasteiger partial charge is 0.465 e. The number of carbonyl (C=O) groups is 1. The number of nitrogens with one attached hydrogen (secondary N) is 1. The second-order valence-corrected chi connectivity index (χ2v) is 5.44. The van der Waals surface area contributed by atoms with Crippen LogP contribution in [0.25, 0.3) is 22.3 Å². The number of rotatable bonds is 2. The smallest absolute Gasteiger partial charge is 0.338 e. The Morgan fingerprint density at radius 2 is 1.95 bits per heavy atom. The Kier molecular flexibility index (Phi) is 3.77. The molecule has 1 aromatic heterocycles. The SMILES string of the molecule is COC(=O)c1cccc(Br)c1-c1nc2ccccc2c(=O)[nH]1. The molecule has 0 amide bonds. The molecule has 0 bridgehead atoms. The average molecular weight is 359 g/mol. The summed E-state index contributed by atoms with van der Waals surface area (Å²) in [5.74, 6) is -0.177. The average Bonchev–Trinajstić information content (AvgIpc) is 2.53. The van der Waals surface area contributed by atoms with Crippen LogP contribution >= 0.6 is 15.9 Å². The molecule has 110 valence electrons. The molecule has 2 aromatic carbocycles. The van der Waals surface area contributed by atoms with Gasteiger partial charge in [0, 0.05) is 10.0 Å². The van der Waals surface area contributed by atoms with E-state index in [0.29, 0.717) is 32.3 Å². The third-order valence-corrected chi connectivity index (χ3v) is 3.93. The summed E-state index contributed by atoms with van der Waals surface area (Å²) in [5, 5.41) is 0.498. The van der Waals surface area contributed by atoms with Crippen LogP contribution in [-0.2, 0) is 4.74 Å². The lowest BCUT2D eigenvalue weighted by Gasteiger charge is -2.10. The fourth-order valence-electron chi connectivity index (χ4n) is 2.25. The lowest BCUT2D eigenvalue weighted by Crippen LogP contribution is -2.12. The van der Waals surface area contributed by atoms with Crippen LogP contribution in [-0.4, -0.2) is 23.0 Å². The molecule has 1 heterocycles. The van der Waals surface area contributed by atoms with Gasteiger partial charge in [0.25, 0.3) is 5.56 Å². The van der Waals surface area contributed by atoms with E-state index in [0.717, 1.165) is 0 Å². The standard InChI is InChI=1S/C16H11BrN2O3/c1-22-16(21)10-6-4-7-11(17)13(10)14-18-12-8-3-2-5-9(12)15(20)19-14/h2-8H,1H3,(H,18,19,20). The Balaban J connectivity index is 2.33. The zero-order chi connectivity index (χ0) is 15.7. The van der Waals surface area contributed by atoms with Gasteiger partial charge in [-0.2, -0.15) is 0 Å². The molecular formula is C16H11BrN2O3. The molecular weight excluding hydrogens is 348 g/mol. The first-order valence-corrected chi connectivity index (χ1v) is 7.27. The summed E-state index contributed by atoms with van der Waals surface area (Å²) in [6, 6.07) is 12.2. The van der Waals surface area contributed by atoms with Crippen LogP contribution < -0.4 is 5.56 Å². The Morgan fingerprint density at radius 1 is 1.18 bits per heavy atom. The molecule has 0 aliphatic carbocycles. The van der Waals surface area contributed by atoms with Crippen molar-refractivity contribution in [1.29, 1.82) is 0 Å². The van der Waals surface area contributed by atoms with Crippen molar-refractivity contribution in [3.63, 3.8) is 0 Å². The summed E-state index contributed by atoms with van der Waals surface area (Å²) in [6.45, 7) is 0. The molecule has 6 heteroatoms. The molecule has 0 spiro atoms. The van der Waals surface area contributed by atoms with Gasteiger partial charge in [-0.3, -0.25) is 4.79 Å². The third-order valence-electron chi connectivity index (χ3n) is 3.27. The van der Waals surface area contributed by atoms with Crippen LogP contribution in [0.1, 0.15) is 10.4 Å². The van der Waals surface area contributed by atoms with E-state index < -0.39 is 5.97 Å². The van der Waals surface area contributed by atoms with Crippen molar-refractivity contribution in [2.24, 2.45) is 0 Å². The molecule has 3 aromatic rings. The lowest BCUT2D eigenvalue weighted by atomic mass is 10.1. The highest BCUT2D eigenvalue weighted by Gasteiger charge is 2.18. The van der Waals surface area contributed by atoms with E-state index in [2.05, 4.69) is 25.9 Å². The quantitative estimate of drug-likeness (QED) is 0.714. The number of methoxy groups -OCH3 is 1. The maximum Gasteiger partial charge on any atom is 0.338 e. The molecule has 0 atom stereocenters. The number of esters is 1. The van der Waals surface area contributed by atoms with Gasteiger partial charge in [0.1, 0.15) is 5.82 Å². The van der Waals surface area contributed by atoms with Gasteiger partial charge in [-0.05, 0) is 24.3 Å². The normalized spacial score (nSPS) is 10.6. The fourth-order valence-corrected chi connectivity index (χ4v) is 2.80. The molecule has 0 aliphatic heterocycles. The number of ether oxygens (including phenoxy) is 1. The molecule has 0 aliphatic rings. The van der Waals surface area contributed by atoms with Crippen molar-refractivity contribution in [1.82, 2.24) is 9.97 Å². The molecule has 5 nitrogen and oxygen atoms in total. The van der Waals surface area contributed by atoms with Gasteiger partial charge in [-0.15, -0.1) is 0 Å². The van der Waals surface area contributed by atoms with Crippen molar-refractivity contribution < 1.29 is 9.53 Å². The summed E-state index contributed by atoms with van der Waals surface area (Å²) >= 11 is 3.40. The minimum absolute atomic E-state index is 0.257. The molecule has 0 unspecified atom stereocenters. The topological polar surface area (TPSA) is 72.0 Å². The van der Waals surface area contributed by atoms with E-state index in [9.17, 15) is 9.59 Å². The summed E-state index contributed by atoms with van der Waals surface area (Å²) in [4.78, 5) is 31.3. The number of fused-ring (bicyclic) bond motifs is 1. The molecule has 1 N–H and O–H groups in total. The van der Waals surface area contributed by atoms with E-state index in [1.807, 2.05) is 0 Å². The van der Waals surface area contributed by atoms with Gasteiger partial charge in [-0.1, -0.05) is 34.1 Å². The molecule has 0 fully saturated rings. The maximum atomic E-state index is 12.2. The van der Waals surface area contributed by atoms with Gasteiger partial charge >= 0.3 is 5.97 Å². The predicted octanol–water partition coefficient (Wildman–Crippen LogP) is 3.14. The lowest BCUT2D eigenvalue weighted by molar-refractivity contribution is 0.0601. The zero-order valence-electron chi connectivity index (χ0n) is 11.6. The summed E-state index contributed by atoms with van der Waals surface area (Å²) < 4.78 is 5.44. The van der Waals surface area contributed by atoms with E-state index in [4.69, 9.17) is 4.74 Å². The van der Waals surface area contributed by atoms with Crippen molar-refractivity contribution in [3.8, 4) is 11.4 Å². The molecule has 22 heavy (non-hydrogen) atoms.